The largest absolute Gasteiger partial charge is 0.482 e. The Labute approximate surface area is 160 Å². The smallest absolute Gasteiger partial charge is 0.260 e. The van der Waals surface area contributed by atoms with Crippen molar-refractivity contribution >= 4 is 46.4 Å². The summed E-state index contributed by atoms with van der Waals surface area (Å²) in [5, 5.41) is 5.57. The highest BCUT2D eigenvalue weighted by molar-refractivity contribution is 7.09. The summed E-state index contributed by atoms with van der Waals surface area (Å²) >= 11 is 13.4. The predicted molar refractivity (Wildman–Crippen MR) is 100 cm³/mol. The first-order valence-corrected chi connectivity index (χ1v) is 9.28. The number of carbonyl (C=O) groups is 2. The molecule has 0 saturated heterocycles. The number of nitrogens with zero attached hydrogens (tertiary/aromatic N) is 1. The van der Waals surface area contributed by atoms with Gasteiger partial charge in [0.2, 0.25) is 5.91 Å². The van der Waals surface area contributed by atoms with Crippen molar-refractivity contribution in [2.24, 2.45) is 0 Å². The third kappa shape index (κ3) is 6.23. The Kier molecular flexibility index (Phi) is 7.55. The molecule has 5 nitrogen and oxygen atoms in total. The van der Waals surface area contributed by atoms with Crippen molar-refractivity contribution in [1.29, 1.82) is 0 Å². The summed E-state index contributed by atoms with van der Waals surface area (Å²) in [4.78, 5) is 26.7. The van der Waals surface area contributed by atoms with Gasteiger partial charge in [-0.2, -0.15) is 0 Å². The molecule has 0 aliphatic rings. The van der Waals surface area contributed by atoms with Crippen LogP contribution in [0.1, 0.15) is 11.8 Å². The summed E-state index contributed by atoms with van der Waals surface area (Å²) < 4.78 is 5.43. The highest BCUT2D eigenvalue weighted by Gasteiger charge is 2.17. The van der Waals surface area contributed by atoms with E-state index in [9.17, 15) is 9.59 Å². The zero-order chi connectivity index (χ0) is 18.2. The molecule has 1 aromatic carbocycles. The van der Waals surface area contributed by atoms with Crippen LogP contribution in [0.5, 0.6) is 5.75 Å². The predicted octanol–water partition coefficient (Wildman–Crippen LogP) is 3.60. The van der Waals surface area contributed by atoms with Gasteiger partial charge in [0.1, 0.15) is 5.75 Å². The van der Waals surface area contributed by atoms with Gasteiger partial charge in [0, 0.05) is 22.5 Å². The zero-order valence-corrected chi connectivity index (χ0v) is 16.0. The average Bonchev–Trinajstić information content (AvgIpc) is 3.12. The molecule has 0 fully saturated rings. The number of carbonyl (C=O) groups excluding carboxylic acids is 2. The summed E-state index contributed by atoms with van der Waals surface area (Å²) in [6.45, 7) is 2.42. The molecular weight excluding hydrogens is 383 g/mol. The Hall–Kier alpha value is -1.76. The zero-order valence-electron chi connectivity index (χ0n) is 13.6. The van der Waals surface area contributed by atoms with Gasteiger partial charge in [-0.05, 0) is 30.5 Å². The molecule has 0 spiro atoms. The van der Waals surface area contributed by atoms with E-state index in [2.05, 4.69) is 5.32 Å². The van der Waals surface area contributed by atoms with E-state index in [0.717, 1.165) is 4.88 Å². The van der Waals surface area contributed by atoms with Crippen LogP contribution in [-0.2, 0) is 16.1 Å². The van der Waals surface area contributed by atoms with Gasteiger partial charge in [0.25, 0.3) is 5.91 Å². The molecule has 8 heteroatoms. The molecule has 2 rings (SSSR count). The molecule has 1 N–H and O–H groups in total. The van der Waals surface area contributed by atoms with Gasteiger partial charge in [0.05, 0.1) is 18.1 Å². The van der Waals surface area contributed by atoms with Crippen LogP contribution >= 0.6 is 34.5 Å². The number of benzene rings is 1. The van der Waals surface area contributed by atoms with Crippen LogP contribution in [0, 0.1) is 0 Å². The molecule has 0 saturated carbocycles. The number of likely N-dealkylation sites (N-methyl/N-ethyl adjacent to an activating group) is 1. The van der Waals surface area contributed by atoms with Gasteiger partial charge in [-0.1, -0.05) is 29.3 Å². The van der Waals surface area contributed by atoms with E-state index >= 15 is 0 Å². The third-order valence-corrected chi connectivity index (χ3v) is 4.78. The van der Waals surface area contributed by atoms with Crippen molar-refractivity contribution < 1.29 is 14.3 Å². The van der Waals surface area contributed by atoms with Crippen molar-refractivity contribution in [2.45, 2.75) is 13.5 Å². The van der Waals surface area contributed by atoms with Crippen LogP contribution in [0.25, 0.3) is 0 Å². The normalized spacial score (nSPS) is 10.4. The first kappa shape index (κ1) is 19.6. The summed E-state index contributed by atoms with van der Waals surface area (Å²) in [6.07, 6.45) is 0. The van der Waals surface area contributed by atoms with Gasteiger partial charge >= 0.3 is 0 Å². The standard InChI is InChI=1S/C17H18Cl2N2O3S/c1-2-21(10-16(22)20-9-13-4-3-7-25-13)17(23)11-24-15-8-12(18)5-6-14(15)19/h3-8H,2,9-11H2,1H3,(H,20,22). The first-order chi connectivity index (χ1) is 12.0. The lowest BCUT2D eigenvalue weighted by Crippen LogP contribution is -2.42. The molecule has 0 aliphatic carbocycles. The van der Waals surface area contributed by atoms with Crippen LogP contribution in [0.2, 0.25) is 10.0 Å². The summed E-state index contributed by atoms with van der Waals surface area (Å²) in [7, 11) is 0. The fourth-order valence-electron chi connectivity index (χ4n) is 2.02. The molecule has 25 heavy (non-hydrogen) atoms. The van der Waals surface area contributed by atoms with Gasteiger partial charge < -0.3 is 15.0 Å². The van der Waals surface area contributed by atoms with E-state index in [1.165, 1.54) is 4.90 Å². The molecule has 1 heterocycles. The minimum atomic E-state index is -0.301. The molecular formula is C17H18Cl2N2O3S. The molecule has 0 unspecified atom stereocenters. The Morgan fingerprint density at radius 2 is 2.08 bits per heavy atom. The van der Waals surface area contributed by atoms with Crippen molar-refractivity contribution in [2.75, 3.05) is 19.7 Å². The van der Waals surface area contributed by atoms with Crippen molar-refractivity contribution in [3.8, 4) is 5.75 Å². The van der Waals surface area contributed by atoms with E-state index < -0.39 is 0 Å². The van der Waals surface area contributed by atoms with Crippen LogP contribution in [0.4, 0.5) is 0 Å². The molecule has 1 aromatic heterocycles. The molecule has 0 aliphatic heterocycles. The maximum Gasteiger partial charge on any atom is 0.260 e. The Morgan fingerprint density at radius 1 is 1.28 bits per heavy atom. The minimum absolute atomic E-state index is 0.0205. The highest BCUT2D eigenvalue weighted by atomic mass is 35.5. The second kappa shape index (κ2) is 9.65. The van der Waals surface area contributed by atoms with Crippen molar-refractivity contribution in [3.63, 3.8) is 0 Å². The molecule has 2 aromatic rings. The fourth-order valence-corrected chi connectivity index (χ4v) is 3.00. The Morgan fingerprint density at radius 3 is 2.76 bits per heavy atom. The van der Waals surface area contributed by atoms with Crippen LogP contribution in [0.15, 0.2) is 35.7 Å². The van der Waals surface area contributed by atoms with Crippen molar-refractivity contribution in [1.82, 2.24) is 10.2 Å². The number of hydrogen-bond donors (Lipinski definition) is 1. The first-order valence-electron chi connectivity index (χ1n) is 7.64. The lowest BCUT2D eigenvalue weighted by Gasteiger charge is -2.20. The van der Waals surface area contributed by atoms with E-state index in [-0.39, 0.29) is 25.0 Å². The van der Waals surface area contributed by atoms with Crippen LogP contribution in [-0.4, -0.2) is 36.4 Å². The number of ether oxygens (including phenoxy) is 1. The number of halogens is 2. The van der Waals surface area contributed by atoms with E-state index in [1.807, 2.05) is 17.5 Å². The third-order valence-electron chi connectivity index (χ3n) is 3.35. The molecule has 0 radical (unpaired) electrons. The maximum atomic E-state index is 12.3. The second-order valence-corrected chi connectivity index (χ2v) is 7.00. The van der Waals surface area contributed by atoms with Crippen LogP contribution < -0.4 is 10.1 Å². The molecule has 134 valence electrons. The number of thiophene rings is 1. The number of rotatable bonds is 8. The number of amides is 2. The summed E-state index contributed by atoms with van der Waals surface area (Å²) in [6, 6.07) is 8.64. The van der Waals surface area contributed by atoms with Gasteiger partial charge in [-0.3, -0.25) is 9.59 Å². The Bertz CT molecular complexity index is 723. The maximum absolute atomic E-state index is 12.3. The fraction of sp³-hybridized carbons (Fsp3) is 0.294. The second-order valence-electron chi connectivity index (χ2n) is 5.13. The minimum Gasteiger partial charge on any atom is -0.482 e. The topological polar surface area (TPSA) is 58.6 Å². The molecule has 0 atom stereocenters. The van der Waals surface area contributed by atoms with E-state index in [4.69, 9.17) is 27.9 Å². The van der Waals surface area contributed by atoms with Crippen molar-refractivity contribution in [3.05, 3.63) is 50.6 Å². The van der Waals surface area contributed by atoms with Gasteiger partial charge in [-0.25, -0.2) is 0 Å². The Balaban J connectivity index is 1.83. The van der Waals surface area contributed by atoms with Crippen LogP contribution in [0.3, 0.4) is 0 Å². The van der Waals surface area contributed by atoms with E-state index in [0.29, 0.717) is 28.9 Å². The van der Waals surface area contributed by atoms with E-state index in [1.54, 1.807) is 36.5 Å². The SMILES string of the molecule is CCN(CC(=O)NCc1cccs1)C(=O)COc1cc(Cl)ccc1Cl. The monoisotopic (exact) mass is 400 g/mol. The van der Waals surface area contributed by atoms with Gasteiger partial charge in [-0.15, -0.1) is 11.3 Å². The quantitative estimate of drug-likeness (QED) is 0.736. The molecule has 0 bridgehead atoms. The highest BCUT2D eigenvalue weighted by Crippen LogP contribution is 2.27. The average molecular weight is 401 g/mol. The molecule has 2 amide bonds. The lowest BCUT2D eigenvalue weighted by molar-refractivity contribution is -0.137. The summed E-state index contributed by atoms with van der Waals surface area (Å²) in [5.74, 6) is -0.185. The summed E-state index contributed by atoms with van der Waals surface area (Å²) in [5.41, 5.74) is 0. The number of nitrogens with one attached hydrogen (secondary N) is 1. The van der Waals surface area contributed by atoms with Gasteiger partial charge in [0.15, 0.2) is 6.61 Å². The number of hydrogen-bond acceptors (Lipinski definition) is 4. The lowest BCUT2D eigenvalue weighted by atomic mass is 10.3.